The van der Waals surface area contributed by atoms with Gasteiger partial charge in [-0.05, 0) is 32.4 Å². The van der Waals surface area contributed by atoms with Gasteiger partial charge in [0.1, 0.15) is 5.75 Å². The normalized spacial score (nSPS) is 23.6. The summed E-state index contributed by atoms with van der Waals surface area (Å²) in [4.78, 5) is 12.0. The number of amides is 1. The number of carbonyl (C=O) groups excluding carboxylic acids is 1. The Bertz CT molecular complexity index is 412. The number of hydrogen-bond donors (Lipinski definition) is 3. The zero-order valence-corrected chi connectivity index (χ0v) is 9.99. The van der Waals surface area contributed by atoms with E-state index in [9.17, 15) is 9.90 Å². The maximum atomic E-state index is 12.0. The molecule has 2 rings (SSSR count). The van der Waals surface area contributed by atoms with Gasteiger partial charge in [-0.1, -0.05) is 18.2 Å². The third-order valence-corrected chi connectivity index (χ3v) is 3.30. The fourth-order valence-electron chi connectivity index (χ4n) is 2.12. The first-order valence-electron chi connectivity index (χ1n) is 5.92. The standard InChI is InChI=1S/C13H18N2O2/c1-13(7-4-8-15-13)12(17)14-9-10-5-2-3-6-11(10)16/h2-3,5-6,15-16H,4,7-9H2,1H3,(H,14,17). The van der Waals surface area contributed by atoms with Crippen molar-refractivity contribution in [2.24, 2.45) is 0 Å². The molecule has 1 aromatic carbocycles. The lowest BCUT2D eigenvalue weighted by atomic mass is 9.99. The molecule has 0 aliphatic carbocycles. The Kier molecular flexibility index (Phi) is 3.33. The number of benzene rings is 1. The van der Waals surface area contributed by atoms with Crippen LogP contribution in [0.25, 0.3) is 0 Å². The molecule has 17 heavy (non-hydrogen) atoms. The van der Waals surface area contributed by atoms with Gasteiger partial charge in [0.2, 0.25) is 5.91 Å². The molecule has 92 valence electrons. The average molecular weight is 234 g/mol. The maximum Gasteiger partial charge on any atom is 0.240 e. The summed E-state index contributed by atoms with van der Waals surface area (Å²) in [5.74, 6) is 0.218. The molecule has 1 atom stereocenters. The van der Waals surface area contributed by atoms with Crippen LogP contribution in [0.3, 0.4) is 0 Å². The molecule has 0 bridgehead atoms. The van der Waals surface area contributed by atoms with Gasteiger partial charge in [0.05, 0.1) is 5.54 Å². The fraction of sp³-hybridized carbons (Fsp3) is 0.462. The van der Waals surface area contributed by atoms with Crippen LogP contribution in [-0.2, 0) is 11.3 Å². The first-order valence-corrected chi connectivity index (χ1v) is 5.92. The molecule has 1 saturated heterocycles. The molecule has 1 aromatic rings. The Morgan fingerprint density at radius 3 is 2.94 bits per heavy atom. The van der Waals surface area contributed by atoms with E-state index < -0.39 is 5.54 Å². The number of phenolic OH excluding ortho intramolecular Hbond substituents is 1. The van der Waals surface area contributed by atoms with Crippen LogP contribution >= 0.6 is 0 Å². The summed E-state index contributed by atoms with van der Waals surface area (Å²) in [6.07, 6.45) is 1.89. The minimum absolute atomic E-state index is 0.00162. The molecular formula is C13H18N2O2. The van der Waals surface area contributed by atoms with E-state index in [1.54, 1.807) is 18.2 Å². The molecule has 0 aromatic heterocycles. The van der Waals surface area contributed by atoms with Crippen molar-refractivity contribution in [1.29, 1.82) is 0 Å². The second-order valence-corrected chi connectivity index (χ2v) is 4.67. The first-order chi connectivity index (χ1) is 8.12. The van der Waals surface area contributed by atoms with Crippen LogP contribution in [-0.4, -0.2) is 23.1 Å². The molecule has 0 saturated carbocycles. The molecular weight excluding hydrogens is 216 g/mol. The molecule has 3 N–H and O–H groups in total. The molecule has 0 spiro atoms. The number of para-hydroxylation sites is 1. The van der Waals surface area contributed by atoms with E-state index in [1.165, 1.54) is 0 Å². The monoisotopic (exact) mass is 234 g/mol. The predicted molar refractivity (Wildman–Crippen MR) is 65.6 cm³/mol. The molecule has 4 heteroatoms. The number of nitrogens with one attached hydrogen (secondary N) is 2. The van der Waals surface area contributed by atoms with Crippen molar-refractivity contribution in [2.45, 2.75) is 31.8 Å². The number of aromatic hydroxyl groups is 1. The number of phenols is 1. The molecule has 4 nitrogen and oxygen atoms in total. The third kappa shape index (κ3) is 2.58. The Morgan fingerprint density at radius 2 is 2.29 bits per heavy atom. The highest BCUT2D eigenvalue weighted by molar-refractivity contribution is 5.86. The molecule has 0 radical (unpaired) electrons. The molecule has 1 amide bonds. The van der Waals surface area contributed by atoms with Crippen molar-refractivity contribution in [3.8, 4) is 5.75 Å². The summed E-state index contributed by atoms with van der Waals surface area (Å²) >= 11 is 0. The summed E-state index contributed by atoms with van der Waals surface area (Å²) < 4.78 is 0. The van der Waals surface area contributed by atoms with Gasteiger partial charge in [-0.2, -0.15) is 0 Å². The molecule has 1 heterocycles. The van der Waals surface area contributed by atoms with Crippen molar-refractivity contribution < 1.29 is 9.90 Å². The zero-order valence-electron chi connectivity index (χ0n) is 9.99. The van der Waals surface area contributed by atoms with Crippen LogP contribution in [0.4, 0.5) is 0 Å². The van der Waals surface area contributed by atoms with E-state index in [2.05, 4.69) is 10.6 Å². The van der Waals surface area contributed by atoms with Crippen molar-refractivity contribution in [3.05, 3.63) is 29.8 Å². The summed E-state index contributed by atoms with van der Waals surface area (Å²) in [6.45, 7) is 3.17. The van der Waals surface area contributed by atoms with Crippen LogP contribution in [0, 0.1) is 0 Å². The second-order valence-electron chi connectivity index (χ2n) is 4.67. The number of rotatable bonds is 3. The lowest BCUT2D eigenvalue weighted by Gasteiger charge is -2.23. The summed E-state index contributed by atoms with van der Waals surface area (Å²) in [5, 5.41) is 15.7. The fourth-order valence-corrected chi connectivity index (χ4v) is 2.12. The lowest BCUT2D eigenvalue weighted by molar-refractivity contribution is -0.126. The first kappa shape index (κ1) is 11.9. The van der Waals surface area contributed by atoms with Gasteiger partial charge in [0.25, 0.3) is 0 Å². The van der Waals surface area contributed by atoms with Gasteiger partial charge in [0, 0.05) is 12.1 Å². The van der Waals surface area contributed by atoms with Gasteiger partial charge in [0.15, 0.2) is 0 Å². The molecule has 1 unspecified atom stereocenters. The lowest BCUT2D eigenvalue weighted by Crippen LogP contribution is -2.50. The Labute approximate surface area is 101 Å². The summed E-state index contributed by atoms with van der Waals surface area (Å²) in [5.41, 5.74) is 0.284. The Hall–Kier alpha value is -1.55. The van der Waals surface area contributed by atoms with E-state index in [4.69, 9.17) is 0 Å². The van der Waals surface area contributed by atoms with Gasteiger partial charge in [-0.3, -0.25) is 4.79 Å². The molecule has 1 fully saturated rings. The summed E-state index contributed by atoms with van der Waals surface area (Å²) in [6, 6.07) is 7.04. The molecule has 1 aliphatic heterocycles. The maximum absolute atomic E-state index is 12.0. The predicted octanol–water partition coefficient (Wildman–Crippen LogP) is 1.15. The third-order valence-electron chi connectivity index (χ3n) is 3.30. The number of hydrogen-bond acceptors (Lipinski definition) is 3. The van der Waals surface area contributed by atoms with Gasteiger partial charge >= 0.3 is 0 Å². The highest BCUT2D eigenvalue weighted by Gasteiger charge is 2.35. The van der Waals surface area contributed by atoms with E-state index >= 15 is 0 Å². The van der Waals surface area contributed by atoms with Crippen molar-refractivity contribution in [2.75, 3.05) is 6.54 Å². The van der Waals surface area contributed by atoms with Crippen LogP contribution in [0.1, 0.15) is 25.3 Å². The van der Waals surface area contributed by atoms with E-state index in [-0.39, 0.29) is 11.7 Å². The largest absolute Gasteiger partial charge is 0.508 e. The van der Waals surface area contributed by atoms with Crippen LogP contribution in [0.2, 0.25) is 0 Å². The number of carbonyl (C=O) groups is 1. The van der Waals surface area contributed by atoms with E-state index in [0.717, 1.165) is 24.9 Å². The smallest absolute Gasteiger partial charge is 0.240 e. The SMILES string of the molecule is CC1(C(=O)NCc2ccccc2O)CCCN1. The minimum atomic E-state index is -0.454. The molecule has 1 aliphatic rings. The Morgan fingerprint density at radius 1 is 1.53 bits per heavy atom. The second kappa shape index (κ2) is 4.75. The van der Waals surface area contributed by atoms with Crippen molar-refractivity contribution in [3.63, 3.8) is 0 Å². The highest BCUT2D eigenvalue weighted by Crippen LogP contribution is 2.19. The van der Waals surface area contributed by atoms with Crippen molar-refractivity contribution in [1.82, 2.24) is 10.6 Å². The van der Waals surface area contributed by atoms with Crippen LogP contribution in [0.5, 0.6) is 5.75 Å². The quantitative estimate of drug-likeness (QED) is 0.735. The highest BCUT2D eigenvalue weighted by atomic mass is 16.3. The topological polar surface area (TPSA) is 61.4 Å². The van der Waals surface area contributed by atoms with Crippen LogP contribution < -0.4 is 10.6 Å². The zero-order chi connectivity index (χ0) is 12.3. The Balaban J connectivity index is 1.94. The minimum Gasteiger partial charge on any atom is -0.508 e. The van der Waals surface area contributed by atoms with Crippen LogP contribution in [0.15, 0.2) is 24.3 Å². The van der Waals surface area contributed by atoms with Gasteiger partial charge < -0.3 is 15.7 Å². The van der Waals surface area contributed by atoms with E-state index in [0.29, 0.717) is 6.54 Å². The van der Waals surface area contributed by atoms with E-state index in [1.807, 2.05) is 13.0 Å². The summed E-state index contributed by atoms with van der Waals surface area (Å²) in [7, 11) is 0. The van der Waals surface area contributed by atoms with Gasteiger partial charge in [-0.25, -0.2) is 0 Å². The van der Waals surface area contributed by atoms with Crippen molar-refractivity contribution >= 4 is 5.91 Å². The average Bonchev–Trinajstić information content (AvgIpc) is 2.76. The van der Waals surface area contributed by atoms with Gasteiger partial charge in [-0.15, -0.1) is 0 Å².